The van der Waals surface area contributed by atoms with Crippen LogP contribution in [0.5, 0.6) is 0 Å². The van der Waals surface area contributed by atoms with Crippen molar-refractivity contribution in [3.63, 3.8) is 0 Å². The van der Waals surface area contributed by atoms with Crippen molar-refractivity contribution in [1.82, 2.24) is 10.2 Å². The molecule has 1 heterocycles. The topological polar surface area (TPSA) is 15.3 Å². The maximum absolute atomic E-state index is 14.1. The molecule has 2 nitrogen and oxygen atoms in total. The number of hydrogen-bond acceptors (Lipinski definition) is 3. The van der Waals surface area contributed by atoms with Crippen molar-refractivity contribution in [3.8, 4) is 0 Å². The van der Waals surface area contributed by atoms with E-state index in [0.29, 0.717) is 5.92 Å². The molecule has 0 saturated carbocycles. The second-order valence-electron chi connectivity index (χ2n) is 5.88. The first-order chi connectivity index (χ1) is 9.49. The van der Waals surface area contributed by atoms with Crippen LogP contribution in [0.15, 0.2) is 18.2 Å². The van der Waals surface area contributed by atoms with Gasteiger partial charge in [-0.15, -0.1) is 11.3 Å². The quantitative estimate of drug-likeness (QED) is 0.870. The molecule has 0 unspecified atom stereocenters. The van der Waals surface area contributed by atoms with Gasteiger partial charge in [0.05, 0.1) is 0 Å². The van der Waals surface area contributed by atoms with E-state index < -0.39 is 0 Å². The number of nitrogens with one attached hydrogen (secondary N) is 1. The molecule has 2 aromatic rings. The third kappa shape index (κ3) is 3.57. The van der Waals surface area contributed by atoms with Crippen LogP contribution in [0.25, 0.3) is 10.1 Å². The number of rotatable bonds is 6. The third-order valence-electron chi connectivity index (χ3n) is 3.16. The fourth-order valence-electron chi connectivity index (χ4n) is 2.32. The summed E-state index contributed by atoms with van der Waals surface area (Å²) < 4.78 is 15.2. The zero-order chi connectivity index (χ0) is 14.7. The fraction of sp³-hybridized carbons (Fsp3) is 0.500. The standard InChI is InChI=1S/C16H23FN2S/c1-11(2)8-18-9-15-12(10-19(3)4)16-13(17)6-5-7-14(16)20-15/h5-7,11,18H,8-10H2,1-4H3. The van der Waals surface area contributed by atoms with Crippen molar-refractivity contribution in [2.24, 2.45) is 5.92 Å². The van der Waals surface area contributed by atoms with Crippen molar-refractivity contribution >= 4 is 21.4 Å². The Kier molecular flexibility index (Phi) is 5.13. The van der Waals surface area contributed by atoms with Crippen LogP contribution >= 0.6 is 11.3 Å². The Bertz CT molecular complexity index is 575. The zero-order valence-corrected chi connectivity index (χ0v) is 13.5. The smallest absolute Gasteiger partial charge is 0.132 e. The van der Waals surface area contributed by atoms with E-state index in [2.05, 4.69) is 24.1 Å². The number of nitrogens with zero attached hydrogens (tertiary/aromatic N) is 1. The SMILES string of the molecule is CC(C)CNCc1sc2cccc(F)c2c1CN(C)C. The molecule has 0 saturated heterocycles. The van der Waals surface area contributed by atoms with Crippen molar-refractivity contribution in [3.05, 3.63) is 34.5 Å². The fourth-order valence-corrected chi connectivity index (χ4v) is 3.52. The predicted molar refractivity (Wildman–Crippen MR) is 85.7 cm³/mol. The maximum Gasteiger partial charge on any atom is 0.132 e. The first kappa shape index (κ1) is 15.4. The van der Waals surface area contributed by atoms with Crippen molar-refractivity contribution in [2.45, 2.75) is 26.9 Å². The molecule has 1 N–H and O–H groups in total. The van der Waals surface area contributed by atoms with Crippen LogP contribution < -0.4 is 5.32 Å². The minimum Gasteiger partial charge on any atom is -0.312 e. The van der Waals surface area contributed by atoms with E-state index in [1.807, 2.05) is 20.2 Å². The van der Waals surface area contributed by atoms with Gasteiger partial charge in [0.1, 0.15) is 5.82 Å². The van der Waals surface area contributed by atoms with Crippen LogP contribution in [-0.4, -0.2) is 25.5 Å². The number of thiophene rings is 1. The number of hydrogen-bond donors (Lipinski definition) is 1. The van der Waals surface area contributed by atoms with Gasteiger partial charge in [-0.25, -0.2) is 4.39 Å². The molecular weight excluding hydrogens is 271 g/mol. The lowest BCUT2D eigenvalue weighted by Crippen LogP contribution is -2.20. The summed E-state index contributed by atoms with van der Waals surface area (Å²) in [6.45, 7) is 6.97. The van der Waals surface area contributed by atoms with Crippen LogP contribution in [0.1, 0.15) is 24.3 Å². The lowest BCUT2D eigenvalue weighted by molar-refractivity contribution is 0.402. The highest BCUT2D eigenvalue weighted by Gasteiger charge is 2.15. The van der Waals surface area contributed by atoms with Crippen LogP contribution in [0.2, 0.25) is 0 Å². The number of halogens is 1. The molecule has 0 radical (unpaired) electrons. The van der Waals surface area contributed by atoms with Crippen LogP contribution in [-0.2, 0) is 13.1 Å². The van der Waals surface area contributed by atoms with Crippen molar-refractivity contribution in [2.75, 3.05) is 20.6 Å². The predicted octanol–water partition coefficient (Wildman–Crippen LogP) is 3.85. The Morgan fingerprint density at radius 2 is 2.05 bits per heavy atom. The van der Waals surface area contributed by atoms with Crippen LogP contribution in [0, 0.1) is 11.7 Å². The summed E-state index contributed by atoms with van der Waals surface area (Å²) in [6.07, 6.45) is 0. The molecular formula is C16H23FN2S. The van der Waals surface area contributed by atoms with E-state index in [1.165, 1.54) is 4.88 Å². The van der Waals surface area contributed by atoms with Gasteiger partial charge in [0.25, 0.3) is 0 Å². The highest BCUT2D eigenvalue weighted by Crippen LogP contribution is 2.33. The molecule has 1 aromatic carbocycles. The summed E-state index contributed by atoms with van der Waals surface area (Å²) in [5.74, 6) is 0.518. The van der Waals surface area contributed by atoms with Gasteiger partial charge in [-0.2, -0.15) is 0 Å². The Labute approximate surface area is 124 Å². The summed E-state index contributed by atoms with van der Waals surface area (Å²) in [4.78, 5) is 3.35. The summed E-state index contributed by atoms with van der Waals surface area (Å²) in [6, 6.07) is 5.35. The van der Waals surface area contributed by atoms with Crippen LogP contribution in [0.3, 0.4) is 0 Å². The molecule has 0 aliphatic heterocycles. The van der Waals surface area contributed by atoms with E-state index in [-0.39, 0.29) is 5.82 Å². The van der Waals surface area contributed by atoms with E-state index in [9.17, 15) is 4.39 Å². The third-order valence-corrected chi connectivity index (χ3v) is 4.36. The highest BCUT2D eigenvalue weighted by atomic mass is 32.1. The number of fused-ring (bicyclic) bond motifs is 1. The second kappa shape index (κ2) is 6.66. The van der Waals surface area contributed by atoms with Gasteiger partial charge in [0, 0.05) is 28.1 Å². The Morgan fingerprint density at radius 3 is 2.70 bits per heavy atom. The largest absolute Gasteiger partial charge is 0.312 e. The molecule has 1 aromatic heterocycles. The lowest BCUT2D eigenvalue weighted by atomic mass is 10.1. The summed E-state index contributed by atoms with van der Waals surface area (Å²) in [5.41, 5.74) is 1.13. The van der Waals surface area contributed by atoms with Gasteiger partial charge in [0.2, 0.25) is 0 Å². The van der Waals surface area contributed by atoms with Crippen molar-refractivity contribution < 1.29 is 4.39 Å². The number of benzene rings is 1. The van der Waals surface area contributed by atoms with E-state index in [0.717, 1.165) is 35.3 Å². The highest BCUT2D eigenvalue weighted by molar-refractivity contribution is 7.19. The molecule has 0 bridgehead atoms. The molecule has 20 heavy (non-hydrogen) atoms. The van der Waals surface area contributed by atoms with Gasteiger partial charge in [-0.1, -0.05) is 19.9 Å². The first-order valence-corrected chi connectivity index (χ1v) is 7.85. The molecule has 110 valence electrons. The Hall–Kier alpha value is -0.970. The zero-order valence-electron chi connectivity index (χ0n) is 12.7. The maximum atomic E-state index is 14.1. The summed E-state index contributed by atoms with van der Waals surface area (Å²) in [7, 11) is 4.05. The molecule has 2 rings (SSSR count). The minimum absolute atomic E-state index is 0.106. The Morgan fingerprint density at radius 1 is 1.30 bits per heavy atom. The Balaban J connectivity index is 2.34. The van der Waals surface area contributed by atoms with E-state index in [4.69, 9.17) is 0 Å². The van der Waals surface area contributed by atoms with Gasteiger partial charge in [-0.3, -0.25) is 0 Å². The van der Waals surface area contributed by atoms with E-state index >= 15 is 0 Å². The first-order valence-electron chi connectivity index (χ1n) is 7.03. The van der Waals surface area contributed by atoms with E-state index in [1.54, 1.807) is 23.5 Å². The molecule has 4 heteroatoms. The normalized spacial score (nSPS) is 11.9. The van der Waals surface area contributed by atoms with Crippen LogP contribution in [0.4, 0.5) is 4.39 Å². The molecule has 0 atom stereocenters. The lowest BCUT2D eigenvalue weighted by Gasteiger charge is -2.12. The molecule has 0 aliphatic carbocycles. The molecule has 0 amide bonds. The van der Waals surface area contributed by atoms with Gasteiger partial charge < -0.3 is 10.2 Å². The minimum atomic E-state index is -0.106. The average Bonchev–Trinajstić information content (AvgIpc) is 2.68. The van der Waals surface area contributed by atoms with Gasteiger partial charge in [0.15, 0.2) is 0 Å². The second-order valence-corrected chi connectivity index (χ2v) is 7.02. The van der Waals surface area contributed by atoms with Gasteiger partial charge >= 0.3 is 0 Å². The molecule has 0 aliphatic rings. The van der Waals surface area contributed by atoms with Crippen molar-refractivity contribution in [1.29, 1.82) is 0 Å². The average molecular weight is 294 g/mol. The summed E-state index contributed by atoms with van der Waals surface area (Å²) in [5, 5.41) is 4.26. The van der Waals surface area contributed by atoms with Gasteiger partial charge in [-0.05, 0) is 44.3 Å². The molecule has 0 fully saturated rings. The monoisotopic (exact) mass is 294 g/mol. The summed E-state index contributed by atoms with van der Waals surface area (Å²) >= 11 is 1.70. The molecule has 0 spiro atoms.